The van der Waals surface area contributed by atoms with Crippen LogP contribution in [0.1, 0.15) is 11.5 Å². The van der Waals surface area contributed by atoms with Crippen LogP contribution in [-0.4, -0.2) is 10.1 Å². The molecule has 26 heavy (non-hydrogen) atoms. The van der Waals surface area contributed by atoms with E-state index >= 15 is 0 Å². The van der Waals surface area contributed by atoms with Crippen molar-refractivity contribution in [1.82, 2.24) is 4.98 Å². The second-order valence-electron chi connectivity index (χ2n) is 5.89. The monoisotopic (exact) mass is 339 g/mol. The summed E-state index contributed by atoms with van der Waals surface area (Å²) in [6.45, 7) is 0. The minimum atomic E-state index is 0.231. The minimum absolute atomic E-state index is 0.231. The number of nitrogens with zero attached hydrogens (tertiary/aromatic N) is 1. The molecule has 0 atom stereocenters. The molecular formula is C23H17NO2. The second kappa shape index (κ2) is 7.11. The molecule has 0 saturated heterocycles. The van der Waals surface area contributed by atoms with Crippen molar-refractivity contribution in [3.8, 4) is 28.3 Å². The number of rotatable bonds is 4. The van der Waals surface area contributed by atoms with Crippen molar-refractivity contribution in [2.75, 3.05) is 0 Å². The lowest BCUT2D eigenvalue weighted by atomic mass is 10.1. The standard InChI is InChI=1S/C23H17NO2/c25-20-13-7-8-17(16-20)14-15-21-24-22(18-9-3-1-4-10-18)23(26-21)19-11-5-2-6-12-19/h1-16,25H/b15-14+. The van der Waals surface area contributed by atoms with E-state index in [0.717, 1.165) is 28.1 Å². The van der Waals surface area contributed by atoms with Crippen LogP contribution < -0.4 is 0 Å². The van der Waals surface area contributed by atoms with Crippen LogP contribution in [0.3, 0.4) is 0 Å². The molecule has 3 nitrogen and oxygen atoms in total. The second-order valence-corrected chi connectivity index (χ2v) is 5.89. The normalized spacial score (nSPS) is 11.1. The van der Waals surface area contributed by atoms with Gasteiger partial charge in [-0.3, -0.25) is 0 Å². The van der Waals surface area contributed by atoms with E-state index in [4.69, 9.17) is 4.42 Å². The molecule has 0 fully saturated rings. The molecule has 126 valence electrons. The van der Waals surface area contributed by atoms with E-state index < -0.39 is 0 Å². The Bertz CT molecular complexity index is 977. The molecule has 0 aliphatic carbocycles. The van der Waals surface area contributed by atoms with Crippen LogP contribution in [0, 0.1) is 0 Å². The number of benzene rings is 3. The summed E-state index contributed by atoms with van der Waals surface area (Å²) in [5.41, 5.74) is 3.68. The van der Waals surface area contributed by atoms with E-state index in [1.807, 2.05) is 78.9 Å². The molecule has 3 heteroatoms. The van der Waals surface area contributed by atoms with Crippen LogP contribution >= 0.6 is 0 Å². The van der Waals surface area contributed by atoms with E-state index in [-0.39, 0.29) is 5.75 Å². The van der Waals surface area contributed by atoms with E-state index in [2.05, 4.69) is 4.98 Å². The van der Waals surface area contributed by atoms with E-state index in [1.165, 1.54) is 0 Å². The van der Waals surface area contributed by atoms with Gasteiger partial charge in [-0.05, 0) is 23.8 Å². The van der Waals surface area contributed by atoms with Crippen molar-refractivity contribution in [1.29, 1.82) is 0 Å². The van der Waals surface area contributed by atoms with Gasteiger partial charge in [-0.2, -0.15) is 0 Å². The Hall–Kier alpha value is -3.59. The summed E-state index contributed by atoms with van der Waals surface area (Å²) in [6, 6.07) is 27.0. The Kier molecular flexibility index (Phi) is 4.35. The van der Waals surface area contributed by atoms with Crippen LogP contribution in [0.5, 0.6) is 5.75 Å². The fourth-order valence-corrected chi connectivity index (χ4v) is 2.78. The molecule has 1 heterocycles. The molecule has 1 aromatic heterocycles. The molecule has 0 saturated carbocycles. The summed E-state index contributed by atoms with van der Waals surface area (Å²) in [5.74, 6) is 1.49. The Morgan fingerprint density at radius 3 is 2.12 bits per heavy atom. The third-order valence-corrected chi connectivity index (χ3v) is 4.02. The Morgan fingerprint density at radius 1 is 0.731 bits per heavy atom. The first-order chi connectivity index (χ1) is 12.8. The smallest absolute Gasteiger partial charge is 0.220 e. The average Bonchev–Trinajstić information content (AvgIpc) is 3.12. The van der Waals surface area contributed by atoms with Crippen LogP contribution in [0.15, 0.2) is 89.3 Å². The molecular weight excluding hydrogens is 322 g/mol. The summed E-state index contributed by atoms with van der Waals surface area (Å²) in [6.07, 6.45) is 3.68. The zero-order valence-electron chi connectivity index (χ0n) is 14.0. The molecule has 0 aliphatic rings. The number of aromatic nitrogens is 1. The van der Waals surface area contributed by atoms with Crippen LogP contribution in [0.2, 0.25) is 0 Å². The lowest BCUT2D eigenvalue weighted by Gasteiger charge is -2.00. The molecule has 0 amide bonds. The maximum absolute atomic E-state index is 9.58. The topological polar surface area (TPSA) is 46.3 Å². The van der Waals surface area contributed by atoms with Crippen LogP contribution in [0.25, 0.3) is 34.7 Å². The maximum Gasteiger partial charge on any atom is 0.220 e. The third kappa shape index (κ3) is 3.42. The van der Waals surface area contributed by atoms with Gasteiger partial charge in [0.15, 0.2) is 5.76 Å². The summed E-state index contributed by atoms with van der Waals surface area (Å²) in [4.78, 5) is 4.68. The number of phenols is 1. The lowest BCUT2D eigenvalue weighted by molar-refractivity contribution is 0.475. The van der Waals surface area contributed by atoms with E-state index in [9.17, 15) is 5.11 Å². The molecule has 0 bridgehead atoms. The van der Waals surface area contributed by atoms with Crippen molar-refractivity contribution in [2.24, 2.45) is 0 Å². The molecule has 0 aliphatic heterocycles. The van der Waals surface area contributed by atoms with Crippen LogP contribution in [-0.2, 0) is 0 Å². The largest absolute Gasteiger partial charge is 0.508 e. The number of hydrogen-bond acceptors (Lipinski definition) is 3. The summed E-state index contributed by atoms with van der Waals surface area (Å²) >= 11 is 0. The molecule has 0 spiro atoms. The molecule has 4 rings (SSSR count). The lowest BCUT2D eigenvalue weighted by Crippen LogP contribution is -1.81. The fourth-order valence-electron chi connectivity index (χ4n) is 2.78. The van der Waals surface area contributed by atoms with Crippen molar-refractivity contribution in [3.05, 3.63) is 96.4 Å². The highest BCUT2D eigenvalue weighted by Crippen LogP contribution is 2.33. The van der Waals surface area contributed by atoms with Gasteiger partial charge in [0, 0.05) is 17.2 Å². The molecule has 0 unspecified atom stereocenters. The predicted octanol–water partition coefficient (Wildman–Crippen LogP) is 5.88. The van der Waals surface area contributed by atoms with Gasteiger partial charge in [-0.15, -0.1) is 0 Å². The zero-order chi connectivity index (χ0) is 17.8. The third-order valence-electron chi connectivity index (χ3n) is 4.02. The molecule has 0 radical (unpaired) electrons. The summed E-state index contributed by atoms with van der Waals surface area (Å²) < 4.78 is 6.05. The number of phenolic OH excluding ortho intramolecular Hbond substituents is 1. The zero-order valence-corrected chi connectivity index (χ0v) is 14.0. The highest BCUT2D eigenvalue weighted by Gasteiger charge is 2.15. The van der Waals surface area contributed by atoms with Gasteiger partial charge >= 0.3 is 0 Å². The number of oxazole rings is 1. The van der Waals surface area contributed by atoms with Gasteiger partial charge in [0.1, 0.15) is 11.4 Å². The first kappa shape index (κ1) is 15.9. The summed E-state index contributed by atoms with van der Waals surface area (Å²) in [5, 5.41) is 9.58. The molecule has 3 aromatic carbocycles. The Morgan fingerprint density at radius 2 is 1.42 bits per heavy atom. The number of hydrogen-bond donors (Lipinski definition) is 1. The van der Waals surface area contributed by atoms with Crippen molar-refractivity contribution >= 4 is 12.2 Å². The minimum Gasteiger partial charge on any atom is -0.508 e. The Labute approximate surface area is 151 Å². The van der Waals surface area contributed by atoms with E-state index in [0.29, 0.717) is 5.89 Å². The Balaban J connectivity index is 1.76. The van der Waals surface area contributed by atoms with Crippen molar-refractivity contribution in [2.45, 2.75) is 0 Å². The maximum atomic E-state index is 9.58. The van der Waals surface area contributed by atoms with Gasteiger partial charge in [0.2, 0.25) is 5.89 Å². The van der Waals surface area contributed by atoms with Gasteiger partial charge < -0.3 is 9.52 Å². The van der Waals surface area contributed by atoms with Crippen molar-refractivity contribution in [3.63, 3.8) is 0 Å². The first-order valence-electron chi connectivity index (χ1n) is 8.38. The van der Waals surface area contributed by atoms with E-state index in [1.54, 1.807) is 18.2 Å². The quantitative estimate of drug-likeness (QED) is 0.504. The fraction of sp³-hybridized carbons (Fsp3) is 0. The van der Waals surface area contributed by atoms with Gasteiger partial charge in [-0.25, -0.2) is 4.98 Å². The van der Waals surface area contributed by atoms with Gasteiger partial charge in [0.05, 0.1) is 0 Å². The summed E-state index contributed by atoms with van der Waals surface area (Å²) in [7, 11) is 0. The molecule has 1 N–H and O–H groups in total. The predicted molar refractivity (Wildman–Crippen MR) is 104 cm³/mol. The highest BCUT2D eigenvalue weighted by molar-refractivity contribution is 5.78. The SMILES string of the molecule is Oc1cccc(/C=C/c2nc(-c3ccccc3)c(-c3ccccc3)o2)c1. The molecule has 4 aromatic rings. The van der Waals surface area contributed by atoms with Crippen LogP contribution in [0.4, 0.5) is 0 Å². The van der Waals surface area contributed by atoms with Gasteiger partial charge in [0.25, 0.3) is 0 Å². The first-order valence-corrected chi connectivity index (χ1v) is 8.38. The average molecular weight is 339 g/mol. The van der Waals surface area contributed by atoms with Crippen molar-refractivity contribution < 1.29 is 9.52 Å². The van der Waals surface area contributed by atoms with Gasteiger partial charge in [-0.1, -0.05) is 72.8 Å². The number of aromatic hydroxyl groups is 1. The highest BCUT2D eigenvalue weighted by atomic mass is 16.4.